The fraction of sp³-hybridized carbons (Fsp3) is 1.00. The van der Waals surface area contributed by atoms with Crippen molar-refractivity contribution in [2.75, 3.05) is 32.9 Å². The number of hydrogen-bond acceptors (Lipinski definition) is 3. The molecule has 0 saturated carbocycles. The van der Waals surface area contributed by atoms with E-state index in [-0.39, 0.29) is 13.2 Å². The molecule has 0 rings (SSSR count). The van der Waals surface area contributed by atoms with Gasteiger partial charge in [-0.05, 0) is 38.3 Å². The third-order valence-electron chi connectivity index (χ3n) is 2.27. The smallest absolute Gasteiger partial charge is 0.396 e. The van der Waals surface area contributed by atoms with Crippen LogP contribution in [0, 0.1) is 5.92 Å². The predicted octanol–water partition coefficient (Wildman–Crippen LogP) is 1.95. The van der Waals surface area contributed by atoms with E-state index < -0.39 is 12.8 Å². The summed E-state index contributed by atoms with van der Waals surface area (Å²) in [6.45, 7) is 2.62. The summed E-state index contributed by atoms with van der Waals surface area (Å²) in [4.78, 5) is 0. The van der Waals surface area contributed by atoms with Crippen LogP contribution >= 0.6 is 0 Å². The average molecular weight is 257 g/mol. The van der Waals surface area contributed by atoms with E-state index in [0.29, 0.717) is 18.9 Å². The highest BCUT2D eigenvalue weighted by atomic mass is 19.4. The molecule has 17 heavy (non-hydrogen) atoms. The highest BCUT2D eigenvalue weighted by molar-refractivity contribution is 4.54. The highest BCUT2D eigenvalue weighted by Gasteiger charge is 2.27. The van der Waals surface area contributed by atoms with Crippen LogP contribution < -0.4 is 5.32 Å². The van der Waals surface area contributed by atoms with E-state index in [1.54, 1.807) is 0 Å². The first-order valence-electron chi connectivity index (χ1n) is 5.92. The first kappa shape index (κ1) is 16.7. The summed E-state index contributed by atoms with van der Waals surface area (Å²) >= 11 is 0. The summed E-state index contributed by atoms with van der Waals surface area (Å²) < 4.78 is 39.5. The molecule has 0 aliphatic heterocycles. The quantitative estimate of drug-likeness (QED) is 0.588. The summed E-state index contributed by atoms with van der Waals surface area (Å²) in [6.07, 6.45) is -1.74. The largest absolute Gasteiger partial charge is 0.411 e. The summed E-state index contributed by atoms with van der Waals surface area (Å²) in [6, 6.07) is 0. The first-order valence-corrected chi connectivity index (χ1v) is 5.92. The van der Waals surface area contributed by atoms with E-state index in [1.165, 1.54) is 0 Å². The molecule has 2 N–H and O–H groups in total. The molecule has 1 atom stereocenters. The molecule has 0 amide bonds. The summed E-state index contributed by atoms with van der Waals surface area (Å²) in [5, 5.41) is 11.9. The van der Waals surface area contributed by atoms with Crippen molar-refractivity contribution in [3.8, 4) is 0 Å². The molecule has 0 saturated heterocycles. The number of aliphatic hydroxyl groups is 1. The first-order chi connectivity index (χ1) is 7.95. The third kappa shape index (κ3) is 13.6. The molecule has 0 aromatic heterocycles. The van der Waals surface area contributed by atoms with Crippen LogP contribution in [0.4, 0.5) is 13.2 Å². The van der Waals surface area contributed by atoms with Gasteiger partial charge >= 0.3 is 6.18 Å². The van der Waals surface area contributed by atoms with Gasteiger partial charge < -0.3 is 15.2 Å². The average Bonchev–Trinajstić information content (AvgIpc) is 2.25. The van der Waals surface area contributed by atoms with Crippen molar-refractivity contribution in [2.24, 2.45) is 5.92 Å². The fourth-order valence-corrected chi connectivity index (χ4v) is 1.28. The Hall–Kier alpha value is -0.330. The Kier molecular flexibility index (Phi) is 9.49. The minimum atomic E-state index is -4.23. The molecule has 1 unspecified atom stereocenters. The van der Waals surface area contributed by atoms with Gasteiger partial charge in [0, 0.05) is 13.2 Å². The SMILES string of the molecule is CC(CO)CCCNCCCOCC(F)(F)F. The zero-order chi connectivity index (χ0) is 13.1. The second-order valence-corrected chi connectivity index (χ2v) is 4.20. The standard InChI is InChI=1S/C11H22F3NO2/c1-10(8-16)4-2-5-15-6-3-7-17-9-11(12,13)14/h10,15-16H,2-9H2,1H3. The lowest BCUT2D eigenvalue weighted by Gasteiger charge is -2.09. The molecular formula is C11H22F3NO2. The van der Waals surface area contributed by atoms with Gasteiger partial charge in [0.2, 0.25) is 0 Å². The van der Waals surface area contributed by atoms with E-state index in [0.717, 1.165) is 19.4 Å². The van der Waals surface area contributed by atoms with Crippen molar-refractivity contribution in [3.63, 3.8) is 0 Å². The van der Waals surface area contributed by atoms with Crippen molar-refractivity contribution < 1.29 is 23.0 Å². The normalized spacial score (nSPS) is 13.9. The summed E-state index contributed by atoms with van der Waals surface area (Å²) in [5.41, 5.74) is 0. The van der Waals surface area contributed by atoms with Gasteiger partial charge in [-0.15, -0.1) is 0 Å². The van der Waals surface area contributed by atoms with E-state index >= 15 is 0 Å². The van der Waals surface area contributed by atoms with Gasteiger partial charge in [-0.2, -0.15) is 13.2 Å². The molecule has 0 aliphatic rings. The van der Waals surface area contributed by atoms with Crippen LogP contribution in [0.5, 0.6) is 0 Å². The monoisotopic (exact) mass is 257 g/mol. The third-order valence-corrected chi connectivity index (χ3v) is 2.27. The van der Waals surface area contributed by atoms with Gasteiger partial charge in [0.05, 0.1) is 0 Å². The topological polar surface area (TPSA) is 41.5 Å². The van der Waals surface area contributed by atoms with Crippen molar-refractivity contribution in [1.29, 1.82) is 0 Å². The van der Waals surface area contributed by atoms with Crippen molar-refractivity contribution in [3.05, 3.63) is 0 Å². The predicted molar refractivity (Wildman–Crippen MR) is 59.8 cm³/mol. The minimum absolute atomic E-state index is 0.125. The molecule has 3 nitrogen and oxygen atoms in total. The molecule has 0 aromatic carbocycles. The summed E-state index contributed by atoms with van der Waals surface area (Å²) in [5.74, 6) is 0.312. The lowest BCUT2D eigenvalue weighted by Crippen LogP contribution is -2.21. The van der Waals surface area contributed by atoms with Crippen molar-refractivity contribution >= 4 is 0 Å². The van der Waals surface area contributed by atoms with E-state index in [9.17, 15) is 13.2 Å². The van der Waals surface area contributed by atoms with Gasteiger partial charge in [0.25, 0.3) is 0 Å². The number of aliphatic hydroxyl groups excluding tert-OH is 1. The van der Waals surface area contributed by atoms with E-state index in [1.807, 2.05) is 6.92 Å². The van der Waals surface area contributed by atoms with Crippen molar-refractivity contribution in [1.82, 2.24) is 5.32 Å². The molecule has 6 heteroatoms. The van der Waals surface area contributed by atoms with Crippen LogP contribution in [-0.4, -0.2) is 44.2 Å². The second-order valence-electron chi connectivity index (χ2n) is 4.20. The van der Waals surface area contributed by atoms with Crippen LogP contribution in [0.1, 0.15) is 26.2 Å². The lowest BCUT2D eigenvalue weighted by atomic mass is 10.1. The van der Waals surface area contributed by atoms with Crippen LogP contribution in [-0.2, 0) is 4.74 Å². The molecule has 0 aliphatic carbocycles. The Morgan fingerprint density at radius 1 is 1.24 bits per heavy atom. The molecule has 0 radical (unpaired) electrons. The number of nitrogens with one attached hydrogen (secondary N) is 1. The van der Waals surface area contributed by atoms with Gasteiger partial charge in [-0.3, -0.25) is 0 Å². The molecule has 104 valence electrons. The Bertz CT molecular complexity index is 177. The Labute approximate surface area is 100 Å². The van der Waals surface area contributed by atoms with Crippen LogP contribution in [0.15, 0.2) is 0 Å². The van der Waals surface area contributed by atoms with Crippen LogP contribution in [0.3, 0.4) is 0 Å². The molecular weight excluding hydrogens is 235 g/mol. The summed E-state index contributed by atoms with van der Waals surface area (Å²) in [7, 11) is 0. The molecule has 0 aromatic rings. The minimum Gasteiger partial charge on any atom is -0.396 e. The van der Waals surface area contributed by atoms with Gasteiger partial charge in [-0.1, -0.05) is 6.92 Å². The Balaban J connectivity index is 3.09. The Morgan fingerprint density at radius 3 is 2.47 bits per heavy atom. The zero-order valence-corrected chi connectivity index (χ0v) is 10.2. The van der Waals surface area contributed by atoms with Crippen molar-refractivity contribution in [2.45, 2.75) is 32.4 Å². The molecule has 0 bridgehead atoms. The number of ether oxygens (including phenoxy) is 1. The number of alkyl halides is 3. The maximum absolute atomic E-state index is 11.7. The van der Waals surface area contributed by atoms with Gasteiger partial charge in [-0.25, -0.2) is 0 Å². The number of hydrogen-bond donors (Lipinski definition) is 2. The molecule has 0 fully saturated rings. The Morgan fingerprint density at radius 2 is 1.88 bits per heavy atom. The maximum atomic E-state index is 11.7. The van der Waals surface area contributed by atoms with E-state index in [4.69, 9.17) is 5.11 Å². The zero-order valence-electron chi connectivity index (χ0n) is 10.2. The van der Waals surface area contributed by atoms with Gasteiger partial charge in [0.15, 0.2) is 0 Å². The number of rotatable bonds is 10. The fourth-order valence-electron chi connectivity index (χ4n) is 1.28. The van der Waals surface area contributed by atoms with Gasteiger partial charge in [0.1, 0.15) is 6.61 Å². The number of halogens is 3. The second kappa shape index (κ2) is 9.67. The molecule has 0 heterocycles. The highest BCUT2D eigenvalue weighted by Crippen LogP contribution is 2.14. The van der Waals surface area contributed by atoms with Crippen LogP contribution in [0.2, 0.25) is 0 Å². The molecule has 0 spiro atoms. The lowest BCUT2D eigenvalue weighted by molar-refractivity contribution is -0.173. The van der Waals surface area contributed by atoms with Crippen LogP contribution in [0.25, 0.3) is 0 Å². The maximum Gasteiger partial charge on any atom is 0.411 e. The van der Waals surface area contributed by atoms with E-state index in [2.05, 4.69) is 10.1 Å².